The Labute approximate surface area is 197 Å². The lowest BCUT2D eigenvalue weighted by Crippen LogP contribution is -2.01. The zero-order valence-electron chi connectivity index (χ0n) is 18.6. The maximum atomic E-state index is 10.3. The molecule has 4 heteroatoms. The van der Waals surface area contributed by atoms with E-state index in [1.165, 1.54) is 5.56 Å². The van der Waals surface area contributed by atoms with Crippen molar-refractivity contribution in [3.05, 3.63) is 120 Å². The lowest BCUT2D eigenvalue weighted by Gasteiger charge is -2.11. The predicted octanol–water partition coefficient (Wildman–Crippen LogP) is 6.78. The summed E-state index contributed by atoms with van der Waals surface area (Å²) in [6.07, 6.45) is 0.783. The number of hydrogen-bond acceptors (Lipinski definition) is 4. The van der Waals surface area contributed by atoms with E-state index >= 15 is 0 Å². The largest absolute Gasteiger partial charge is 0.504 e. The van der Waals surface area contributed by atoms with Crippen molar-refractivity contribution in [1.29, 1.82) is 0 Å². The van der Waals surface area contributed by atoms with Gasteiger partial charge in [-0.3, -0.25) is 4.99 Å². The van der Waals surface area contributed by atoms with Crippen molar-refractivity contribution in [3.63, 3.8) is 0 Å². The van der Waals surface area contributed by atoms with Crippen molar-refractivity contribution in [1.82, 2.24) is 0 Å². The van der Waals surface area contributed by atoms with Crippen LogP contribution < -0.4 is 4.74 Å². The van der Waals surface area contributed by atoms with Crippen LogP contribution in [0.15, 0.2) is 106 Å². The molecular formula is C30H23NO3. The van der Waals surface area contributed by atoms with E-state index in [-0.39, 0.29) is 5.75 Å². The Kier molecular flexibility index (Phi) is 5.11. The molecule has 34 heavy (non-hydrogen) atoms. The van der Waals surface area contributed by atoms with Crippen LogP contribution in [0.3, 0.4) is 0 Å². The van der Waals surface area contributed by atoms with Crippen LogP contribution in [0, 0.1) is 0 Å². The smallest absolute Gasteiger partial charge is 0.161 e. The molecule has 2 heterocycles. The first-order chi connectivity index (χ1) is 16.7. The SMILES string of the molecule is Oc1ccc(-c2ccc3c(c2)CN=C3c2cc3ccccc3o2)cc1OCCc1ccccc1. The van der Waals surface area contributed by atoms with Gasteiger partial charge in [0.15, 0.2) is 17.3 Å². The molecule has 0 saturated carbocycles. The number of aliphatic imine (C=N–C) groups is 1. The number of ether oxygens (including phenoxy) is 1. The molecular weight excluding hydrogens is 422 g/mol. The van der Waals surface area contributed by atoms with Crippen LogP contribution in [0.5, 0.6) is 11.5 Å². The van der Waals surface area contributed by atoms with Gasteiger partial charge in [0, 0.05) is 17.4 Å². The molecule has 166 valence electrons. The van der Waals surface area contributed by atoms with Crippen LogP contribution >= 0.6 is 0 Å². The van der Waals surface area contributed by atoms with Gasteiger partial charge in [-0.1, -0.05) is 66.7 Å². The average molecular weight is 446 g/mol. The Bertz CT molecular complexity index is 1480. The summed E-state index contributed by atoms with van der Waals surface area (Å²) in [5.41, 5.74) is 7.29. The molecule has 1 aliphatic rings. The summed E-state index contributed by atoms with van der Waals surface area (Å²) >= 11 is 0. The van der Waals surface area contributed by atoms with Crippen LogP contribution in [0.4, 0.5) is 0 Å². The maximum absolute atomic E-state index is 10.3. The van der Waals surface area contributed by atoms with Gasteiger partial charge < -0.3 is 14.3 Å². The summed E-state index contributed by atoms with van der Waals surface area (Å²) < 4.78 is 12.0. The molecule has 5 aromatic rings. The summed E-state index contributed by atoms with van der Waals surface area (Å²) in [5.74, 6) is 1.44. The molecule has 0 radical (unpaired) electrons. The van der Waals surface area contributed by atoms with Gasteiger partial charge in [0.1, 0.15) is 11.3 Å². The highest BCUT2D eigenvalue weighted by atomic mass is 16.5. The zero-order valence-corrected chi connectivity index (χ0v) is 18.6. The van der Waals surface area contributed by atoms with Crippen LogP contribution in [0.25, 0.3) is 22.1 Å². The van der Waals surface area contributed by atoms with Gasteiger partial charge in [0.2, 0.25) is 0 Å². The summed E-state index contributed by atoms with van der Waals surface area (Å²) in [5, 5.41) is 11.4. The first-order valence-corrected chi connectivity index (χ1v) is 11.4. The number of para-hydroxylation sites is 1. The van der Waals surface area contributed by atoms with Crippen LogP contribution in [0.1, 0.15) is 22.5 Å². The standard InChI is InChI=1S/C30H23NO3/c32-26-13-11-22(17-28(26)33-15-14-20-6-2-1-3-7-20)21-10-12-25-24(16-21)19-31-30(25)29-18-23-8-4-5-9-27(23)34-29/h1-13,16-18,32H,14-15,19H2. The van der Waals surface area contributed by atoms with E-state index in [1.54, 1.807) is 6.07 Å². The minimum atomic E-state index is 0.147. The topological polar surface area (TPSA) is 55.0 Å². The number of fused-ring (bicyclic) bond motifs is 2. The van der Waals surface area contributed by atoms with E-state index in [9.17, 15) is 5.11 Å². The van der Waals surface area contributed by atoms with Crippen molar-refractivity contribution in [2.24, 2.45) is 4.99 Å². The Morgan fingerprint density at radius 2 is 1.62 bits per heavy atom. The number of phenolic OH excluding ortho intramolecular Hbond substituents is 1. The van der Waals surface area contributed by atoms with E-state index < -0.39 is 0 Å². The normalized spacial score (nSPS) is 12.5. The van der Waals surface area contributed by atoms with Crippen molar-refractivity contribution in [2.75, 3.05) is 6.61 Å². The number of rotatable bonds is 6. The minimum absolute atomic E-state index is 0.147. The van der Waals surface area contributed by atoms with Gasteiger partial charge >= 0.3 is 0 Å². The summed E-state index contributed by atoms with van der Waals surface area (Å²) in [6, 6.07) is 32.1. The number of hydrogen-bond donors (Lipinski definition) is 1. The van der Waals surface area contributed by atoms with E-state index in [0.717, 1.165) is 51.1 Å². The molecule has 1 aromatic heterocycles. The number of benzene rings is 4. The van der Waals surface area contributed by atoms with Crippen LogP contribution in [-0.2, 0) is 13.0 Å². The van der Waals surface area contributed by atoms with Gasteiger partial charge in [-0.15, -0.1) is 0 Å². The summed E-state index contributed by atoms with van der Waals surface area (Å²) in [4.78, 5) is 4.76. The molecule has 0 atom stereocenters. The molecule has 6 rings (SSSR count). The lowest BCUT2D eigenvalue weighted by molar-refractivity contribution is 0.303. The minimum Gasteiger partial charge on any atom is -0.504 e. The fraction of sp³-hybridized carbons (Fsp3) is 0.100. The van der Waals surface area contributed by atoms with Crippen molar-refractivity contribution in [3.8, 4) is 22.6 Å². The highest BCUT2D eigenvalue weighted by molar-refractivity contribution is 6.15. The van der Waals surface area contributed by atoms with E-state index in [2.05, 4.69) is 36.4 Å². The number of nitrogens with zero attached hydrogens (tertiary/aromatic N) is 1. The van der Waals surface area contributed by atoms with Crippen LogP contribution in [-0.4, -0.2) is 17.4 Å². The molecule has 1 N–H and O–H groups in total. The molecule has 0 amide bonds. The molecule has 0 bridgehead atoms. The molecule has 1 aliphatic heterocycles. The first kappa shape index (κ1) is 20.3. The number of phenols is 1. The summed E-state index contributed by atoms with van der Waals surface area (Å²) in [6.45, 7) is 1.12. The Morgan fingerprint density at radius 3 is 2.50 bits per heavy atom. The van der Waals surface area contributed by atoms with Crippen molar-refractivity contribution >= 4 is 16.7 Å². The summed E-state index contributed by atoms with van der Waals surface area (Å²) in [7, 11) is 0. The molecule has 4 nitrogen and oxygen atoms in total. The Balaban J connectivity index is 1.23. The number of aromatic hydroxyl groups is 1. The van der Waals surface area contributed by atoms with E-state index in [0.29, 0.717) is 18.9 Å². The zero-order chi connectivity index (χ0) is 22.9. The van der Waals surface area contributed by atoms with Gasteiger partial charge in [-0.05, 0) is 52.6 Å². The fourth-order valence-corrected chi connectivity index (χ4v) is 4.43. The third kappa shape index (κ3) is 3.84. The highest BCUT2D eigenvalue weighted by Crippen LogP contribution is 2.34. The van der Waals surface area contributed by atoms with Crippen LogP contribution in [0.2, 0.25) is 0 Å². The predicted molar refractivity (Wildman–Crippen MR) is 135 cm³/mol. The second kappa shape index (κ2) is 8.56. The van der Waals surface area contributed by atoms with Gasteiger partial charge in [0.05, 0.1) is 13.2 Å². The fourth-order valence-electron chi connectivity index (χ4n) is 4.43. The Morgan fingerprint density at radius 1 is 0.824 bits per heavy atom. The quantitative estimate of drug-likeness (QED) is 0.313. The second-order valence-electron chi connectivity index (χ2n) is 8.45. The molecule has 4 aromatic carbocycles. The molecule has 0 spiro atoms. The molecule has 0 aliphatic carbocycles. The lowest BCUT2D eigenvalue weighted by atomic mass is 9.97. The third-order valence-corrected chi connectivity index (χ3v) is 6.21. The molecule has 0 unspecified atom stereocenters. The van der Waals surface area contributed by atoms with Crippen molar-refractivity contribution in [2.45, 2.75) is 13.0 Å². The molecule has 0 saturated heterocycles. The Hall–Kier alpha value is -4.31. The molecule has 0 fully saturated rings. The van der Waals surface area contributed by atoms with Crippen molar-refractivity contribution < 1.29 is 14.3 Å². The highest BCUT2D eigenvalue weighted by Gasteiger charge is 2.21. The maximum Gasteiger partial charge on any atom is 0.161 e. The van der Waals surface area contributed by atoms with E-state index in [4.69, 9.17) is 14.1 Å². The van der Waals surface area contributed by atoms with Gasteiger partial charge in [0.25, 0.3) is 0 Å². The number of furan rings is 1. The van der Waals surface area contributed by atoms with E-state index in [1.807, 2.05) is 54.6 Å². The first-order valence-electron chi connectivity index (χ1n) is 11.4. The third-order valence-electron chi connectivity index (χ3n) is 6.21. The monoisotopic (exact) mass is 445 g/mol. The average Bonchev–Trinajstić information content (AvgIpc) is 3.49. The second-order valence-corrected chi connectivity index (χ2v) is 8.45. The van der Waals surface area contributed by atoms with Gasteiger partial charge in [-0.25, -0.2) is 0 Å². The van der Waals surface area contributed by atoms with Gasteiger partial charge in [-0.2, -0.15) is 0 Å².